The molecule has 0 aromatic carbocycles. The largest absolute Gasteiger partial charge is 0.480 e. The Bertz CT molecular complexity index is 508. The smallest absolute Gasteiger partial charge is 0.317 e. The predicted octanol–water partition coefficient (Wildman–Crippen LogP) is 0.639. The molecule has 1 amide bonds. The Kier molecular flexibility index (Phi) is 4.95. The number of H-pyrrole nitrogens is 1. The number of aliphatic carboxylic acids is 1. The van der Waals surface area contributed by atoms with Crippen LogP contribution in [0, 0.1) is 0 Å². The van der Waals surface area contributed by atoms with Crippen molar-refractivity contribution in [2.24, 2.45) is 0 Å². The molecule has 1 fully saturated rings. The van der Waals surface area contributed by atoms with Crippen molar-refractivity contribution in [2.75, 3.05) is 13.1 Å². The Labute approximate surface area is 123 Å². The summed E-state index contributed by atoms with van der Waals surface area (Å²) in [5.74, 6) is -0.983. The van der Waals surface area contributed by atoms with Crippen molar-refractivity contribution in [2.45, 2.75) is 45.2 Å². The van der Waals surface area contributed by atoms with Gasteiger partial charge in [0.2, 0.25) is 0 Å². The van der Waals surface area contributed by atoms with E-state index in [0.29, 0.717) is 12.2 Å². The van der Waals surface area contributed by atoms with Crippen LogP contribution < -0.4 is 5.32 Å². The van der Waals surface area contributed by atoms with Crippen molar-refractivity contribution in [3.05, 3.63) is 17.5 Å². The molecule has 116 valence electrons. The minimum absolute atomic E-state index is 0.0566. The molecule has 0 spiro atoms. The molecule has 1 aromatic rings. The van der Waals surface area contributed by atoms with Crippen LogP contribution >= 0.6 is 0 Å². The van der Waals surface area contributed by atoms with Gasteiger partial charge >= 0.3 is 5.97 Å². The van der Waals surface area contributed by atoms with Crippen LogP contribution in [-0.4, -0.2) is 57.3 Å². The molecule has 3 N–H and O–H groups in total. The van der Waals surface area contributed by atoms with Gasteiger partial charge in [0.25, 0.3) is 5.91 Å². The van der Waals surface area contributed by atoms with Gasteiger partial charge in [0, 0.05) is 17.8 Å². The third-order valence-corrected chi connectivity index (χ3v) is 3.95. The van der Waals surface area contributed by atoms with Gasteiger partial charge in [0.1, 0.15) is 5.69 Å². The summed E-state index contributed by atoms with van der Waals surface area (Å²) in [7, 11) is 0. The number of carboxylic acids is 1. The number of hydrogen-bond acceptors (Lipinski definition) is 4. The van der Waals surface area contributed by atoms with E-state index in [1.165, 1.54) is 0 Å². The first-order chi connectivity index (χ1) is 10.0. The van der Waals surface area contributed by atoms with Gasteiger partial charge in [-0.25, -0.2) is 0 Å². The predicted molar refractivity (Wildman–Crippen MR) is 77.1 cm³/mol. The zero-order valence-corrected chi connectivity index (χ0v) is 12.4. The summed E-state index contributed by atoms with van der Waals surface area (Å²) in [6.45, 7) is 4.70. The molecule has 1 aromatic heterocycles. The van der Waals surface area contributed by atoms with Crippen LogP contribution in [0.2, 0.25) is 0 Å². The van der Waals surface area contributed by atoms with E-state index < -0.39 is 5.97 Å². The number of nitrogens with zero attached hydrogens (tertiary/aromatic N) is 2. The summed E-state index contributed by atoms with van der Waals surface area (Å²) in [5.41, 5.74) is 1.35. The molecule has 0 radical (unpaired) electrons. The molecular formula is C14H22N4O3. The average Bonchev–Trinajstić information content (AvgIpc) is 2.88. The zero-order chi connectivity index (χ0) is 15.4. The van der Waals surface area contributed by atoms with Gasteiger partial charge in [-0.1, -0.05) is 13.8 Å². The fourth-order valence-electron chi connectivity index (χ4n) is 2.60. The van der Waals surface area contributed by atoms with E-state index in [0.717, 1.165) is 25.0 Å². The van der Waals surface area contributed by atoms with Crippen LogP contribution in [0.1, 0.15) is 42.9 Å². The highest BCUT2D eigenvalue weighted by atomic mass is 16.4. The summed E-state index contributed by atoms with van der Waals surface area (Å²) < 4.78 is 0. The maximum Gasteiger partial charge on any atom is 0.317 e. The number of carbonyl (C=O) groups excluding carboxylic acids is 1. The van der Waals surface area contributed by atoms with Crippen molar-refractivity contribution < 1.29 is 14.7 Å². The van der Waals surface area contributed by atoms with Crippen molar-refractivity contribution in [1.29, 1.82) is 0 Å². The Hall–Kier alpha value is -1.89. The Morgan fingerprint density at radius 3 is 2.71 bits per heavy atom. The number of aromatic nitrogens is 2. The highest BCUT2D eigenvalue weighted by molar-refractivity contribution is 5.92. The molecule has 7 heteroatoms. The molecular weight excluding hydrogens is 272 g/mol. The minimum atomic E-state index is -0.812. The normalized spacial score (nSPS) is 21.1. The average molecular weight is 294 g/mol. The molecule has 1 aliphatic rings. The van der Waals surface area contributed by atoms with Crippen LogP contribution in [0.5, 0.6) is 0 Å². The van der Waals surface area contributed by atoms with E-state index in [4.69, 9.17) is 5.11 Å². The van der Waals surface area contributed by atoms with Crippen molar-refractivity contribution >= 4 is 11.9 Å². The van der Waals surface area contributed by atoms with Gasteiger partial charge in [0.15, 0.2) is 0 Å². The number of rotatable bonds is 7. The molecule has 0 aliphatic heterocycles. The maximum absolute atomic E-state index is 12.0. The zero-order valence-electron chi connectivity index (χ0n) is 12.4. The van der Waals surface area contributed by atoms with Gasteiger partial charge in [-0.05, 0) is 31.9 Å². The summed E-state index contributed by atoms with van der Waals surface area (Å²) in [4.78, 5) is 24.7. The number of hydrogen-bond donors (Lipinski definition) is 3. The van der Waals surface area contributed by atoms with Gasteiger partial charge in [-0.2, -0.15) is 5.10 Å². The van der Waals surface area contributed by atoms with Crippen LogP contribution in [0.4, 0.5) is 0 Å². The summed E-state index contributed by atoms with van der Waals surface area (Å²) in [6.07, 6.45) is 2.39. The Morgan fingerprint density at radius 2 is 2.19 bits per heavy atom. The van der Waals surface area contributed by atoms with Crippen LogP contribution in [0.25, 0.3) is 0 Å². The number of carbonyl (C=O) groups is 2. The molecule has 21 heavy (non-hydrogen) atoms. The van der Waals surface area contributed by atoms with Gasteiger partial charge in [0.05, 0.1) is 6.54 Å². The second-order valence-electron chi connectivity index (χ2n) is 5.38. The molecule has 1 aliphatic carbocycles. The lowest BCUT2D eigenvalue weighted by molar-refractivity contribution is -0.139. The monoisotopic (exact) mass is 294 g/mol. The number of likely N-dealkylation sites (N-methyl/N-ethyl adjacent to an activating group) is 1. The van der Waals surface area contributed by atoms with E-state index in [-0.39, 0.29) is 24.5 Å². The summed E-state index contributed by atoms with van der Waals surface area (Å²) in [5, 5.41) is 18.6. The lowest BCUT2D eigenvalue weighted by Crippen LogP contribution is -2.54. The molecule has 0 saturated heterocycles. The number of carboxylic acid groups (broad SMARTS) is 1. The fourth-order valence-corrected chi connectivity index (χ4v) is 2.60. The third-order valence-electron chi connectivity index (χ3n) is 3.95. The minimum Gasteiger partial charge on any atom is -0.480 e. The van der Waals surface area contributed by atoms with Crippen molar-refractivity contribution in [1.82, 2.24) is 20.4 Å². The highest BCUT2D eigenvalue weighted by Crippen LogP contribution is 2.25. The number of aromatic amines is 1. The lowest BCUT2D eigenvalue weighted by atomic mass is 9.85. The first-order valence-corrected chi connectivity index (χ1v) is 7.34. The topological polar surface area (TPSA) is 98.3 Å². The third kappa shape index (κ3) is 3.81. The van der Waals surface area contributed by atoms with E-state index in [9.17, 15) is 9.59 Å². The molecule has 7 nitrogen and oxygen atoms in total. The maximum atomic E-state index is 12.0. The molecule has 1 saturated carbocycles. The van der Waals surface area contributed by atoms with Crippen LogP contribution in [-0.2, 0) is 11.2 Å². The number of nitrogens with one attached hydrogen (secondary N) is 2. The lowest BCUT2D eigenvalue weighted by Gasteiger charge is -2.42. The standard InChI is InChI=1S/C14H22N4O3/c1-3-9-7-12(17-16-9)14(21)15-10-5-11(6-10)18(4-2)8-13(19)20/h7,10-11H,3-6,8H2,1-2H3,(H,15,21)(H,16,17)(H,19,20). The number of aryl methyl sites for hydroxylation is 1. The summed E-state index contributed by atoms with van der Waals surface area (Å²) in [6, 6.07) is 2.10. The van der Waals surface area contributed by atoms with E-state index in [1.54, 1.807) is 6.07 Å². The van der Waals surface area contributed by atoms with E-state index in [2.05, 4.69) is 15.5 Å². The first kappa shape index (κ1) is 15.5. The summed E-state index contributed by atoms with van der Waals surface area (Å²) >= 11 is 0. The number of amides is 1. The molecule has 0 atom stereocenters. The van der Waals surface area contributed by atoms with Gasteiger partial charge in [-0.15, -0.1) is 0 Å². The van der Waals surface area contributed by atoms with E-state index in [1.807, 2.05) is 18.7 Å². The molecule has 0 bridgehead atoms. The second kappa shape index (κ2) is 6.71. The van der Waals surface area contributed by atoms with Gasteiger partial charge < -0.3 is 10.4 Å². The van der Waals surface area contributed by atoms with Gasteiger partial charge in [-0.3, -0.25) is 19.6 Å². The quantitative estimate of drug-likeness (QED) is 0.685. The Morgan fingerprint density at radius 1 is 1.48 bits per heavy atom. The SMILES string of the molecule is CCc1cc(C(=O)NC2CC(N(CC)CC(=O)O)C2)n[nH]1. The fraction of sp³-hybridized carbons (Fsp3) is 0.643. The molecule has 1 heterocycles. The molecule has 0 unspecified atom stereocenters. The highest BCUT2D eigenvalue weighted by Gasteiger charge is 2.35. The van der Waals surface area contributed by atoms with Crippen LogP contribution in [0.3, 0.4) is 0 Å². The first-order valence-electron chi connectivity index (χ1n) is 7.34. The van der Waals surface area contributed by atoms with Crippen LogP contribution in [0.15, 0.2) is 6.07 Å². The van der Waals surface area contributed by atoms with E-state index >= 15 is 0 Å². The molecule has 2 rings (SSSR count). The second-order valence-corrected chi connectivity index (χ2v) is 5.38. The van der Waals surface area contributed by atoms with Crippen molar-refractivity contribution in [3.63, 3.8) is 0 Å². The Balaban J connectivity index is 1.79. The van der Waals surface area contributed by atoms with Crippen molar-refractivity contribution in [3.8, 4) is 0 Å².